The lowest BCUT2D eigenvalue weighted by atomic mass is 9.85. The van der Waals surface area contributed by atoms with E-state index in [1.165, 1.54) is 45.7 Å². The third-order valence-corrected chi connectivity index (χ3v) is 4.42. The Labute approximate surface area is 120 Å². The van der Waals surface area contributed by atoms with Gasteiger partial charge >= 0.3 is 0 Å². The first kappa shape index (κ1) is 16.9. The van der Waals surface area contributed by atoms with E-state index >= 15 is 0 Å². The predicted molar refractivity (Wildman–Crippen MR) is 84.7 cm³/mol. The average Bonchev–Trinajstić information content (AvgIpc) is 2.37. The normalized spacial score (nSPS) is 22.4. The zero-order valence-corrected chi connectivity index (χ0v) is 14.1. The van der Waals surface area contributed by atoms with E-state index in [0.717, 1.165) is 6.54 Å². The molecule has 1 aliphatic rings. The Morgan fingerprint density at radius 2 is 1.42 bits per heavy atom. The van der Waals surface area contributed by atoms with Crippen LogP contribution in [0.5, 0.6) is 0 Å². The predicted octanol–water partition coefficient (Wildman–Crippen LogP) is 2.43. The molecule has 0 spiro atoms. The second kappa shape index (κ2) is 7.05. The van der Waals surface area contributed by atoms with E-state index in [2.05, 4.69) is 56.7 Å². The van der Waals surface area contributed by atoms with Crippen LogP contribution in [0, 0.1) is 5.41 Å². The largest absolute Gasteiger partial charge is 0.311 e. The Balaban J connectivity index is 2.42. The van der Waals surface area contributed by atoms with Gasteiger partial charge in [-0.25, -0.2) is 0 Å². The zero-order chi connectivity index (χ0) is 14.5. The number of rotatable bonds is 6. The smallest absolute Gasteiger partial charge is 0.0110 e. The van der Waals surface area contributed by atoms with Crippen LogP contribution in [0.1, 0.15) is 48.0 Å². The molecule has 1 unspecified atom stereocenters. The van der Waals surface area contributed by atoms with Crippen molar-refractivity contribution in [3.8, 4) is 0 Å². The topological polar surface area (TPSA) is 18.5 Å². The highest BCUT2D eigenvalue weighted by atomic mass is 15.3. The summed E-state index contributed by atoms with van der Waals surface area (Å²) in [7, 11) is 0. The highest BCUT2D eigenvalue weighted by molar-refractivity contribution is 4.85. The summed E-state index contributed by atoms with van der Waals surface area (Å²) in [5.74, 6) is 0. The average molecular weight is 269 g/mol. The minimum absolute atomic E-state index is 0.220. The zero-order valence-electron chi connectivity index (χ0n) is 14.1. The molecule has 1 aliphatic heterocycles. The second-order valence-electron chi connectivity index (χ2n) is 7.48. The maximum atomic E-state index is 3.69. The van der Waals surface area contributed by atoms with Crippen LogP contribution in [0.15, 0.2) is 0 Å². The van der Waals surface area contributed by atoms with Crippen LogP contribution in [-0.4, -0.2) is 61.2 Å². The summed E-state index contributed by atoms with van der Waals surface area (Å²) in [5.41, 5.74) is 0.610. The third-order valence-electron chi connectivity index (χ3n) is 4.42. The van der Waals surface area contributed by atoms with Crippen molar-refractivity contribution in [3.05, 3.63) is 0 Å². The fourth-order valence-corrected chi connectivity index (χ4v) is 2.57. The molecule has 1 heterocycles. The maximum Gasteiger partial charge on any atom is 0.0110 e. The summed E-state index contributed by atoms with van der Waals surface area (Å²) in [6, 6.07) is 0. The first-order chi connectivity index (χ1) is 8.78. The Morgan fingerprint density at radius 1 is 0.895 bits per heavy atom. The van der Waals surface area contributed by atoms with Gasteiger partial charge in [0, 0.05) is 44.8 Å². The molecule has 0 radical (unpaired) electrons. The standard InChI is InChI=1S/C16H35N3/c1-7-16(6,13-17-15(3,4)5)14-19-11-9-18(8-2)10-12-19/h17H,7-14H2,1-6H3. The highest BCUT2D eigenvalue weighted by Crippen LogP contribution is 2.23. The van der Waals surface area contributed by atoms with Crippen LogP contribution < -0.4 is 5.32 Å². The Kier molecular flexibility index (Phi) is 6.28. The van der Waals surface area contributed by atoms with Crippen molar-refractivity contribution >= 4 is 0 Å². The van der Waals surface area contributed by atoms with Crippen LogP contribution in [0.25, 0.3) is 0 Å². The molecular formula is C16H35N3. The Morgan fingerprint density at radius 3 is 1.84 bits per heavy atom. The molecule has 19 heavy (non-hydrogen) atoms. The summed E-state index contributed by atoms with van der Waals surface area (Å²) in [5, 5.41) is 3.69. The number of likely N-dealkylation sites (N-methyl/N-ethyl adjacent to an activating group) is 1. The molecule has 1 rings (SSSR count). The highest BCUT2D eigenvalue weighted by Gasteiger charge is 2.28. The number of hydrogen-bond donors (Lipinski definition) is 1. The first-order valence-corrected chi connectivity index (χ1v) is 7.98. The molecule has 3 nitrogen and oxygen atoms in total. The third kappa shape index (κ3) is 6.24. The van der Waals surface area contributed by atoms with Crippen molar-refractivity contribution in [2.75, 3.05) is 45.8 Å². The molecule has 0 aromatic rings. The van der Waals surface area contributed by atoms with E-state index in [-0.39, 0.29) is 5.54 Å². The van der Waals surface area contributed by atoms with Crippen LogP contribution in [-0.2, 0) is 0 Å². The van der Waals surface area contributed by atoms with Gasteiger partial charge in [-0.15, -0.1) is 0 Å². The molecular weight excluding hydrogens is 234 g/mol. The van der Waals surface area contributed by atoms with E-state index in [4.69, 9.17) is 0 Å². The molecule has 1 saturated heterocycles. The fourth-order valence-electron chi connectivity index (χ4n) is 2.57. The van der Waals surface area contributed by atoms with Gasteiger partial charge in [0.1, 0.15) is 0 Å². The van der Waals surface area contributed by atoms with Gasteiger partial charge in [0.2, 0.25) is 0 Å². The molecule has 0 aliphatic carbocycles. The number of hydrogen-bond acceptors (Lipinski definition) is 3. The van der Waals surface area contributed by atoms with Crippen molar-refractivity contribution in [2.24, 2.45) is 5.41 Å². The van der Waals surface area contributed by atoms with Gasteiger partial charge in [-0.05, 0) is 39.2 Å². The molecule has 0 amide bonds. The SMILES string of the molecule is CCN1CCN(CC(C)(CC)CNC(C)(C)C)CC1. The van der Waals surface area contributed by atoms with Crippen LogP contribution in [0.3, 0.4) is 0 Å². The lowest BCUT2D eigenvalue weighted by Crippen LogP contribution is -2.52. The summed E-state index contributed by atoms with van der Waals surface area (Å²) < 4.78 is 0. The molecule has 0 saturated carbocycles. The number of nitrogens with one attached hydrogen (secondary N) is 1. The lowest BCUT2D eigenvalue weighted by Gasteiger charge is -2.41. The summed E-state index contributed by atoms with van der Waals surface area (Å²) in [6.07, 6.45) is 1.24. The number of nitrogens with zero attached hydrogens (tertiary/aromatic N) is 2. The van der Waals surface area contributed by atoms with Gasteiger partial charge in [0.05, 0.1) is 0 Å². The fraction of sp³-hybridized carbons (Fsp3) is 1.00. The van der Waals surface area contributed by atoms with E-state index in [9.17, 15) is 0 Å². The van der Waals surface area contributed by atoms with Gasteiger partial charge in [-0.3, -0.25) is 0 Å². The van der Waals surface area contributed by atoms with Crippen molar-refractivity contribution in [3.63, 3.8) is 0 Å². The first-order valence-electron chi connectivity index (χ1n) is 7.98. The van der Waals surface area contributed by atoms with E-state index < -0.39 is 0 Å². The van der Waals surface area contributed by atoms with E-state index in [0.29, 0.717) is 5.41 Å². The summed E-state index contributed by atoms with van der Waals surface area (Å²) in [4.78, 5) is 5.20. The molecule has 0 aromatic carbocycles. The minimum atomic E-state index is 0.220. The van der Waals surface area contributed by atoms with Gasteiger partial charge in [0.15, 0.2) is 0 Å². The van der Waals surface area contributed by atoms with Crippen LogP contribution in [0.2, 0.25) is 0 Å². The monoisotopic (exact) mass is 269 g/mol. The van der Waals surface area contributed by atoms with E-state index in [1.54, 1.807) is 0 Å². The van der Waals surface area contributed by atoms with Gasteiger partial charge in [-0.1, -0.05) is 20.8 Å². The van der Waals surface area contributed by atoms with Crippen LogP contribution in [0.4, 0.5) is 0 Å². The summed E-state index contributed by atoms with van der Waals surface area (Å²) in [6.45, 7) is 22.3. The molecule has 0 bridgehead atoms. The quantitative estimate of drug-likeness (QED) is 0.799. The molecule has 114 valence electrons. The van der Waals surface area contributed by atoms with Crippen molar-refractivity contribution in [1.29, 1.82) is 0 Å². The van der Waals surface area contributed by atoms with E-state index in [1.807, 2.05) is 0 Å². The summed E-state index contributed by atoms with van der Waals surface area (Å²) >= 11 is 0. The number of piperazine rings is 1. The van der Waals surface area contributed by atoms with Crippen LogP contribution >= 0.6 is 0 Å². The van der Waals surface area contributed by atoms with Gasteiger partial charge < -0.3 is 15.1 Å². The molecule has 1 N–H and O–H groups in total. The molecule has 0 aromatic heterocycles. The van der Waals surface area contributed by atoms with Crippen molar-refractivity contribution < 1.29 is 0 Å². The van der Waals surface area contributed by atoms with Gasteiger partial charge in [0.25, 0.3) is 0 Å². The molecule has 3 heteroatoms. The minimum Gasteiger partial charge on any atom is -0.311 e. The molecule has 1 atom stereocenters. The Hall–Kier alpha value is -0.120. The Bertz CT molecular complexity index is 251. The van der Waals surface area contributed by atoms with Gasteiger partial charge in [-0.2, -0.15) is 0 Å². The molecule has 1 fully saturated rings. The second-order valence-corrected chi connectivity index (χ2v) is 7.48. The van der Waals surface area contributed by atoms with Crippen molar-refractivity contribution in [2.45, 2.75) is 53.5 Å². The lowest BCUT2D eigenvalue weighted by molar-refractivity contribution is 0.0877. The van der Waals surface area contributed by atoms with Crippen molar-refractivity contribution in [1.82, 2.24) is 15.1 Å². The maximum absolute atomic E-state index is 3.69.